The maximum absolute atomic E-state index is 11.8. The zero-order valence-electron chi connectivity index (χ0n) is 11.9. The standard InChI is InChI=1S/C15H22O4S/c1-2-3-4-5-6-10-13-15(16)19-20(17,18)14-11-8-7-9-12-14/h7-9,11-12H,2-6,10,13H2,1H3. The molecule has 0 aliphatic rings. The summed E-state index contributed by atoms with van der Waals surface area (Å²) < 4.78 is 28.1. The van der Waals surface area contributed by atoms with Crippen LogP contribution in [0.3, 0.4) is 0 Å². The van der Waals surface area contributed by atoms with Gasteiger partial charge in [0.1, 0.15) is 4.90 Å². The minimum Gasteiger partial charge on any atom is -0.342 e. The van der Waals surface area contributed by atoms with Gasteiger partial charge in [-0.3, -0.25) is 4.79 Å². The lowest BCUT2D eigenvalue weighted by Crippen LogP contribution is -2.13. The van der Waals surface area contributed by atoms with Crippen LogP contribution in [0.2, 0.25) is 0 Å². The third kappa shape index (κ3) is 6.19. The van der Waals surface area contributed by atoms with Gasteiger partial charge in [0.2, 0.25) is 0 Å². The van der Waals surface area contributed by atoms with Crippen LogP contribution in [0.15, 0.2) is 35.2 Å². The molecule has 0 saturated heterocycles. The van der Waals surface area contributed by atoms with Crippen LogP contribution in [0, 0.1) is 0 Å². The number of hydrogen-bond donors (Lipinski definition) is 0. The van der Waals surface area contributed by atoms with E-state index in [-0.39, 0.29) is 11.3 Å². The SMILES string of the molecule is CCCCCCCCC(=O)OS(=O)(=O)c1ccccc1. The van der Waals surface area contributed by atoms with E-state index in [1.54, 1.807) is 18.2 Å². The Kier molecular flexibility index (Phi) is 7.30. The third-order valence-electron chi connectivity index (χ3n) is 2.97. The van der Waals surface area contributed by atoms with Crippen molar-refractivity contribution in [2.24, 2.45) is 0 Å². The van der Waals surface area contributed by atoms with E-state index in [2.05, 4.69) is 11.1 Å². The summed E-state index contributed by atoms with van der Waals surface area (Å²) in [6.07, 6.45) is 6.37. The molecule has 0 fully saturated rings. The number of benzene rings is 1. The van der Waals surface area contributed by atoms with Crippen LogP contribution in [-0.4, -0.2) is 14.4 Å². The maximum Gasteiger partial charge on any atom is 0.341 e. The van der Waals surface area contributed by atoms with E-state index >= 15 is 0 Å². The molecule has 0 N–H and O–H groups in total. The first kappa shape index (κ1) is 16.7. The molecule has 0 aliphatic carbocycles. The van der Waals surface area contributed by atoms with Crippen LogP contribution in [0.4, 0.5) is 0 Å². The summed E-state index contributed by atoms with van der Waals surface area (Å²) in [5, 5.41) is 0. The normalized spacial score (nSPS) is 11.2. The predicted octanol–water partition coefficient (Wildman–Crippen LogP) is 3.67. The van der Waals surface area contributed by atoms with Crippen molar-refractivity contribution in [2.75, 3.05) is 0 Å². The van der Waals surface area contributed by atoms with Crippen molar-refractivity contribution in [3.05, 3.63) is 30.3 Å². The van der Waals surface area contributed by atoms with Gasteiger partial charge in [-0.15, -0.1) is 0 Å². The van der Waals surface area contributed by atoms with E-state index < -0.39 is 16.1 Å². The zero-order valence-corrected chi connectivity index (χ0v) is 12.7. The quantitative estimate of drug-likeness (QED) is 0.515. The van der Waals surface area contributed by atoms with E-state index in [1.807, 2.05) is 0 Å². The largest absolute Gasteiger partial charge is 0.342 e. The smallest absolute Gasteiger partial charge is 0.341 e. The van der Waals surface area contributed by atoms with E-state index in [0.717, 1.165) is 19.3 Å². The first-order valence-corrected chi connectivity index (χ1v) is 8.49. The summed E-state index contributed by atoms with van der Waals surface area (Å²) in [5.74, 6) is -0.677. The summed E-state index contributed by atoms with van der Waals surface area (Å²) in [7, 11) is -3.96. The first-order valence-electron chi connectivity index (χ1n) is 7.08. The molecule has 4 nitrogen and oxygen atoms in total. The van der Waals surface area contributed by atoms with Crippen molar-refractivity contribution in [3.8, 4) is 0 Å². The molecular weight excluding hydrogens is 276 g/mol. The van der Waals surface area contributed by atoms with Gasteiger partial charge in [-0.1, -0.05) is 57.2 Å². The number of hydrogen-bond acceptors (Lipinski definition) is 4. The molecule has 0 aromatic heterocycles. The van der Waals surface area contributed by atoms with E-state index in [9.17, 15) is 13.2 Å². The Balaban J connectivity index is 2.32. The highest BCUT2D eigenvalue weighted by molar-refractivity contribution is 7.87. The van der Waals surface area contributed by atoms with Gasteiger partial charge in [0.25, 0.3) is 0 Å². The van der Waals surface area contributed by atoms with Crippen LogP contribution in [0.1, 0.15) is 51.9 Å². The lowest BCUT2D eigenvalue weighted by atomic mass is 10.1. The topological polar surface area (TPSA) is 60.4 Å². The molecule has 1 aromatic carbocycles. The Morgan fingerprint density at radius 2 is 1.60 bits per heavy atom. The Morgan fingerprint density at radius 3 is 2.25 bits per heavy atom. The number of unbranched alkanes of at least 4 members (excludes halogenated alkanes) is 5. The van der Waals surface area contributed by atoms with E-state index in [1.165, 1.54) is 25.0 Å². The van der Waals surface area contributed by atoms with Gasteiger partial charge in [0, 0.05) is 6.42 Å². The highest BCUT2D eigenvalue weighted by atomic mass is 32.2. The molecule has 0 aliphatic heterocycles. The molecule has 0 bridgehead atoms. The number of carbonyl (C=O) groups excluding carboxylic acids is 1. The molecule has 5 heteroatoms. The van der Waals surface area contributed by atoms with Crippen LogP contribution < -0.4 is 0 Å². The fourth-order valence-corrected chi connectivity index (χ4v) is 2.76. The van der Waals surface area contributed by atoms with E-state index in [4.69, 9.17) is 0 Å². The molecule has 112 valence electrons. The van der Waals surface area contributed by atoms with Crippen molar-refractivity contribution in [2.45, 2.75) is 56.8 Å². The Morgan fingerprint density at radius 1 is 1.00 bits per heavy atom. The summed E-state index contributed by atoms with van der Waals surface area (Å²) in [6, 6.07) is 7.71. The molecule has 0 saturated carbocycles. The lowest BCUT2D eigenvalue weighted by Gasteiger charge is -2.05. The highest BCUT2D eigenvalue weighted by Crippen LogP contribution is 2.13. The van der Waals surface area contributed by atoms with Crippen molar-refractivity contribution in [1.82, 2.24) is 0 Å². The minimum absolute atomic E-state index is 0.0105. The summed E-state index contributed by atoms with van der Waals surface area (Å²) in [5.41, 5.74) is 0. The average molecular weight is 298 g/mol. The molecule has 1 aromatic rings. The molecule has 0 heterocycles. The Labute approximate surface area is 121 Å². The van der Waals surface area contributed by atoms with Crippen molar-refractivity contribution in [1.29, 1.82) is 0 Å². The second-order valence-electron chi connectivity index (χ2n) is 4.74. The van der Waals surface area contributed by atoms with E-state index in [0.29, 0.717) is 6.42 Å². The van der Waals surface area contributed by atoms with Crippen molar-refractivity contribution < 1.29 is 17.4 Å². The van der Waals surface area contributed by atoms with Crippen LogP contribution in [0.25, 0.3) is 0 Å². The van der Waals surface area contributed by atoms with Gasteiger partial charge in [0.15, 0.2) is 0 Å². The highest BCUT2D eigenvalue weighted by Gasteiger charge is 2.19. The lowest BCUT2D eigenvalue weighted by molar-refractivity contribution is -0.133. The summed E-state index contributed by atoms with van der Waals surface area (Å²) in [4.78, 5) is 11.5. The fourth-order valence-electron chi connectivity index (χ4n) is 1.85. The van der Waals surface area contributed by atoms with Gasteiger partial charge in [-0.2, -0.15) is 8.42 Å². The zero-order chi connectivity index (χ0) is 14.8. The van der Waals surface area contributed by atoms with Crippen molar-refractivity contribution >= 4 is 16.1 Å². The van der Waals surface area contributed by atoms with Gasteiger partial charge in [-0.05, 0) is 18.6 Å². The average Bonchev–Trinajstić information content (AvgIpc) is 2.43. The molecule has 0 amide bonds. The summed E-state index contributed by atoms with van der Waals surface area (Å²) in [6.45, 7) is 2.14. The van der Waals surface area contributed by atoms with Gasteiger partial charge < -0.3 is 4.18 Å². The molecule has 0 atom stereocenters. The first-order chi connectivity index (χ1) is 9.56. The molecule has 0 unspecified atom stereocenters. The summed E-state index contributed by atoms with van der Waals surface area (Å²) >= 11 is 0. The number of rotatable bonds is 9. The van der Waals surface area contributed by atoms with Gasteiger partial charge in [-0.25, -0.2) is 0 Å². The monoisotopic (exact) mass is 298 g/mol. The van der Waals surface area contributed by atoms with Crippen LogP contribution >= 0.6 is 0 Å². The minimum atomic E-state index is -3.96. The molecular formula is C15H22O4S. The Bertz CT molecular complexity index is 494. The second kappa shape index (κ2) is 8.74. The van der Waals surface area contributed by atoms with Gasteiger partial charge >= 0.3 is 16.1 Å². The maximum atomic E-state index is 11.8. The van der Waals surface area contributed by atoms with Crippen LogP contribution in [-0.2, 0) is 19.1 Å². The molecule has 20 heavy (non-hydrogen) atoms. The second-order valence-corrected chi connectivity index (χ2v) is 6.29. The third-order valence-corrected chi connectivity index (χ3v) is 4.22. The van der Waals surface area contributed by atoms with Crippen molar-refractivity contribution in [3.63, 3.8) is 0 Å². The predicted molar refractivity (Wildman–Crippen MR) is 77.7 cm³/mol. The molecule has 0 radical (unpaired) electrons. The number of carbonyl (C=O) groups is 1. The molecule has 1 rings (SSSR count). The fraction of sp³-hybridized carbons (Fsp3) is 0.533. The molecule has 0 spiro atoms. The Hall–Kier alpha value is -1.36. The van der Waals surface area contributed by atoms with Crippen LogP contribution in [0.5, 0.6) is 0 Å². The van der Waals surface area contributed by atoms with Gasteiger partial charge in [0.05, 0.1) is 0 Å².